The first-order valence-electron chi connectivity index (χ1n) is 9.78. The maximum absolute atomic E-state index is 12.2. The number of carbonyl (C=O) groups excluding carboxylic acids is 1. The van der Waals surface area contributed by atoms with E-state index >= 15 is 0 Å². The van der Waals surface area contributed by atoms with Crippen LogP contribution in [0.4, 0.5) is 0 Å². The molecule has 7 heteroatoms. The molecule has 4 rings (SSSR count). The minimum Gasteiger partial charge on any atom is -0.350 e. The van der Waals surface area contributed by atoms with Gasteiger partial charge in [0.15, 0.2) is 0 Å². The van der Waals surface area contributed by atoms with Gasteiger partial charge >= 0.3 is 0 Å². The third kappa shape index (κ3) is 3.82. The minimum absolute atomic E-state index is 0.197. The number of hydrogen-bond donors (Lipinski definition) is 1. The van der Waals surface area contributed by atoms with Crippen LogP contribution in [0.2, 0.25) is 0 Å². The Balaban J connectivity index is 1.32. The van der Waals surface area contributed by atoms with Crippen molar-refractivity contribution in [3.05, 3.63) is 35.4 Å². The molecule has 1 amide bonds. The molecular weight excluding hydrogens is 328 g/mol. The number of nitrogens with one attached hydrogen (secondary N) is 1. The van der Waals surface area contributed by atoms with Gasteiger partial charge < -0.3 is 5.32 Å². The van der Waals surface area contributed by atoms with Crippen molar-refractivity contribution < 1.29 is 4.79 Å². The van der Waals surface area contributed by atoms with Crippen LogP contribution in [-0.4, -0.2) is 36.9 Å². The fraction of sp³-hybridized carbons (Fsp3) is 0.632. The highest BCUT2D eigenvalue weighted by molar-refractivity contribution is 5.78. The fourth-order valence-corrected chi connectivity index (χ4v) is 4.03. The van der Waals surface area contributed by atoms with Crippen molar-refractivity contribution >= 4 is 5.91 Å². The van der Waals surface area contributed by atoms with Crippen molar-refractivity contribution in [1.82, 2.24) is 29.8 Å². The van der Waals surface area contributed by atoms with Crippen molar-refractivity contribution in [2.24, 2.45) is 5.92 Å². The van der Waals surface area contributed by atoms with E-state index < -0.39 is 0 Å². The van der Waals surface area contributed by atoms with Gasteiger partial charge in [-0.2, -0.15) is 10.2 Å². The number of fused-ring (bicyclic) bond motifs is 1. The Labute approximate surface area is 154 Å². The van der Waals surface area contributed by atoms with Crippen LogP contribution in [0.1, 0.15) is 49.6 Å². The van der Waals surface area contributed by atoms with Gasteiger partial charge in [0.1, 0.15) is 0 Å². The van der Waals surface area contributed by atoms with Gasteiger partial charge in [-0.15, -0.1) is 0 Å². The van der Waals surface area contributed by atoms with Crippen LogP contribution >= 0.6 is 0 Å². The van der Waals surface area contributed by atoms with Gasteiger partial charge in [0.2, 0.25) is 5.91 Å². The average Bonchev–Trinajstić information content (AvgIpc) is 3.39. The van der Waals surface area contributed by atoms with Gasteiger partial charge in [-0.05, 0) is 25.8 Å². The smallest absolute Gasteiger partial charge is 0.223 e. The second-order valence-electron chi connectivity index (χ2n) is 7.46. The Morgan fingerprint density at radius 3 is 2.92 bits per heavy atom. The zero-order valence-corrected chi connectivity index (χ0v) is 15.5. The van der Waals surface area contributed by atoms with Gasteiger partial charge in [0, 0.05) is 43.9 Å². The molecule has 2 aliphatic rings. The third-order valence-corrected chi connectivity index (χ3v) is 5.51. The molecule has 0 bridgehead atoms. The van der Waals surface area contributed by atoms with E-state index in [0.29, 0.717) is 6.54 Å². The van der Waals surface area contributed by atoms with Crippen LogP contribution in [0.5, 0.6) is 0 Å². The summed E-state index contributed by atoms with van der Waals surface area (Å²) in [4.78, 5) is 14.6. The highest BCUT2D eigenvalue weighted by Crippen LogP contribution is 2.24. The average molecular weight is 356 g/mol. The molecule has 0 spiro atoms. The molecule has 0 unspecified atom stereocenters. The number of aromatic nitrogens is 4. The van der Waals surface area contributed by atoms with Crippen LogP contribution in [-0.2, 0) is 37.5 Å². The van der Waals surface area contributed by atoms with Crippen molar-refractivity contribution in [1.29, 1.82) is 0 Å². The summed E-state index contributed by atoms with van der Waals surface area (Å²) < 4.78 is 4.05. The van der Waals surface area contributed by atoms with Crippen LogP contribution in [0.3, 0.4) is 0 Å². The summed E-state index contributed by atoms with van der Waals surface area (Å²) in [5.74, 6) is 0.412. The molecule has 1 N–H and O–H groups in total. The number of aryl methyl sites for hydroxylation is 1. The monoisotopic (exact) mass is 356 g/mol. The summed E-state index contributed by atoms with van der Waals surface area (Å²) in [7, 11) is 0. The zero-order valence-electron chi connectivity index (χ0n) is 15.5. The summed E-state index contributed by atoms with van der Waals surface area (Å²) in [5, 5.41) is 12.1. The van der Waals surface area contributed by atoms with Crippen molar-refractivity contribution in [2.45, 2.75) is 65.3 Å². The van der Waals surface area contributed by atoms with Gasteiger partial charge in [-0.1, -0.05) is 12.8 Å². The van der Waals surface area contributed by atoms with Gasteiger partial charge in [0.05, 0.1) is 30.7 Å². The highest BCUT2D eigenvalue weighted by atomic mass is 16.1. The Hall–Kier alpha value is -2.15. The van der Waals surface area contributed by atoms with E-state index in [9.17, 15) is 4.79 Å². The summed E-state index contributed by atoms with van der Waals surface area (Å²) in [6.45, 7) is 7.23. The predicted octanol–water partition coefficient (Wildman–Crippen LogP) is 1.92. The highest BCUT2D eigenvalue weighted by Gasteiger charge is 2.23. The van der Waals surface area contributed by atoms with Crippen molar-refractivity contribution in [3.8, 4) is 0 Å². The molecule has 1 saturated carbocycles. The zero-order chi connectivity index (χ0) is 17.9. The fourth-order valence-electron chi connectivity index (χ4n) is 4.03. The van der Waals surface area contributed by atoms with Gasteiger partial charge in [-0.3, -0.25) is 19.1 Å². The lowest BCUT2D eigenvalue weighted by Crippen LogP contribution is -2.33. The maximum atomic E-state index is 12.2. The Morgan fingerprint density at radius 1 is 1.31 bits per heavy atom. The molecule has 0 aromatic carbocycles. The van der Waals surface area contributed by atoms with Gasteiger partial charge in [0.25, 0.3) is 0 Å². The molecule has 140 valence electrons. The molecule has 0 atom stereocenters. The third-order valence-electron chi connectivity index (χ3n) is 5.51. The SMILES string of the molecule is CCn1cc(CN2CCn3nc(CNC(=O)C4CCCC4)cc3C2)cn1. The first kappa shape index (κ1) is 17.3. The van der Waals surface area contributed by atoms with Crippen LogP contribution < -0.4 is 5.32 Å². The summed E-state index contributed by atoms with van der Waals surface area (Å²) in [5.41, 5.74) is 3.44. The number of rotatable bonds is 6. The largest absolute Gasteiger partial charge is 0.350 e. The molecule has 3 heterocycles. The van der Waals surface area contributed by atoms with E-state index in [4.69, 9.17) is 0 Å². The molecule has 7 nitrogen and oxygen atoms in total. The van der Waals surface area contributed by atoms with Crippen LogP contribution in [0.15, 0.2) is 18.5 Å². The van der Waals surface area contributed by atoms with Crippen molar-refractivity contribution in [3.63, 3.8) is 0 Å². The topological polar surface area (TPSA) is 68.0 Å². The van der Waals surface area contributed by atoms with Crippen LogP contribution in [0, 0.1) is 5.92 Å². The molecule has 26 heavy (non-hydrogen) atoms. The van der Waals surface area contributed by atoms with E-state index in [2.05, 4.69) is 44.3 Å². The second kappa shape index (κ2) is 7.61. The number of hydrogen-bond acceptors (Lipinski definition) is 4. The number of amides is 1. The van der Waals surface area contributed by atoms with Crippen LogP contribution in [0.25, 0.3) is 0 Å². The summed E-state index contributed by atoms with van der Waals surface area (Å²) in [6.07, 6.45) is 8.52. The van der Waals surface area contributed by atoms with Gasteiger partial charge in [-0.25, -0.2) is 0 Å². The standard InChI is InChI=1S/C19H28N6O/c1-2-24-13-15(10-21-24)12-23-7-8-25-18(14-23)9-17(22-25)11-20-19(26)16-5-3-4-6-16/h9-10,13,16H,2-8,11-12,14H2,1H3,(H,20,26). The Kier molecular flexibility index (Phi) is 5.06. The normalized spacial score (nSPS) is 18.2. The molecule has 1 aliphatic heterocycles. The number of nitrogens with zero attached hydrogens (tertiary/aromatic N) is 5. The van der Waals surface area contributed by atoms with E-state index in [1.807, 2.05) is 10.9 Å². The summed E-state index contributed by atoms with van der Waals surface area (Å²) in [6, 6.07) is 2.14. The van der Waals surface area contributed by atoms with E-state index in [0.717, 1.165) is 51.3 Å². The molecule has 0 radical (unpaired) electrons. The Bertz CT molecular complexity index is 758. The lowest BCUT2D eigenvalue weighted by Gasteiger charge is -2.26. The molecular formula is C19H28N6O. The maximum Gasteiger partial charge on any atom is 0.223 e. The lowest BCUT2D eigenvalue weighted by molar-refractivity contribution is -0.124. The van der Waals surface area contributed by atoms with Crippen molar-refractivity contribution in [2.75, 3.05) is 6.54 Å². The summed E-state index contributed by atoms with van der Waals surface area (Å²) >= 11 is 0. The van der Waals surface area contributed by atoms with E-state index in [1.165, 1.54) is 24.1 Å². The first-order chi connectivity index (χ1) is 12.7. The first-order valence-corrected chi connectivity index (χ1v) is 9.78. The Morgan fingerprint density at radius 2 is 2.15 bits per heavy atom. The molecule has 2 aromatic rings. The molecule has 0 saturated heterocycles. The molecule has 2 aromatic heterocycles. The second-order valence-corrected chi connectivity index (χ2v) is 7.46. The van der Waals surface area contributed by atoms with E-state index in [-0.39, 0.29) is 11.8 Å². The van der Waals surface area contributed by atoms with E-state index in [1.54, 1.807) is 0 Å². The molecule has 1 fully saturated rings. The minimum atomic E-state index is 0.197. The molecule has 1 aliphatic carbocycles. The quantitative estimate of drug-likeness (QED) is 0.859. The lowest BCUT2D eigenvalue weighted by atomic mass is 10.1. The predicted molar refractivity (Wildman–Crippen MR) is 98.0 cm³/mol. The number of carbonyl (C=O) groups is 1.